The standard InChI is InChI=1S/C15H19NOS/c1-13-8-9-15(18-13)12-16-10-5-11-17-14-6-3-2-4-7-14/h2-4,6-9,16H,5,10-12H2,1H3. The highest BCUT2D eigenvalue weighted by Crippen LogP contribution is 2.14. The van der Waals surface area contributed by atoms with Crippen LogP contribution in [0.5, 0.6) is 5.75 Å². The molecule has 0 saturated heterocycles. The van der Waals surface area contributed by atoms with Crippen molar-refractivity contribution in [3.8, 4) is 5.75 Å². The van der Waals surface area contributed by atoms with Crippen molar-refractivity contribution in [2.24, 2.45) is 0 Å². The lowest BCUT2D eigenvalue weighted by Crippen LogP contribution is -2.16. The van der Waals surface area contributed by atoms with Gasteiger partial charge in [0.05, 0.1) is 6.61 Å². The van der Waals surface area contributed by atoms with Gasteiger partial charge in [0.15, 0.2) is 0 Å². The van der Waals surface area contributed by atoms with Crippen LogP contribution in [-0.2, 0) is 6.54 Å². The molecule has 0 fully saturated rings. The topological polar surface area (TPSA) is 21.3 Å². The minimum absolute atomic E-state index is 0.764. The Labute approximate surface area is 113 Å². The fourth-order valence-electron chi connectivity index (χ4n) is 1.70. The summed E-state index contributed by atoms with van der Waals surface area (Å²) in [4.78, 5) is 2.77. The zero-order valence-corrected chi connectivity index (χ0v) is 11.5. The van der Waals surface area contributed by atoms with E-state index in [4.69, 9.17) is 4.74 Å². The smallest absolute Gasteiger partial charge is 0.119 e. The lowest BCUT2D eigenvalue weighted by atomic mass is 10.3. The van der Waals surface area contributed by atoms with Crippen molar-refractivity contribution >= 4 is 11.3 Å². The molecule has 0 aliphatic heterocycles. The molecule has 1 aromatic carbocycles. The van der Waals surface area contributed by atoms with Gasteiger partial charge in [-0.15, -0.1) is 11.3 Å². The minimum atomic E-state index is 0.764. The SMILES string of the molecule is Cc1ccc(CNCCCOc2ccccc2)s1. The summed E-state index contributed by atoms with van der Waals surface area (Å²) in [5.41, 5.74) is 0. The zero-order valence-electron chi connectivity index (χ0n) is 10.7. The molecular weight excluding hydrogens is 242 g/mol. The number of thiophene rings is 1. The third-order valence-electron chi connectivity index (χ3n) is 2.61. The van der Waals surface area contributed by atoms with Crippen LogP contribution in [0.2, 0.25) is 0 Å². The van der Waals surface area contributed by atoms with E-state index >= 15 is 0 Å². The van der Waals surface area contributed by atoms with Crippen molar-refractivity contribution in [2.75, 3.05) is 13.2 Å². The first-order chi connectivity index (χ1) is 8.84. The van der Waals surface area contributed by atoms with Crippen LogP contribution < -0.4 is 10.1 Å². The quantitative estimate of drug-likeness (QED) is 0.769. The van der Waals surface area contributed by atoms with Gasteiger partial charge in [-0.25, -0.2) is 0 Å². The van der Waals surface area contributed by atoms with Gasteiger partial charge in [-0.3, -0.25) is 0 Å². The normalized spacial score (nSPS) is 10.5. The number of nitrogens with one attached hydrogen (secondary N) is 1. The van der Waals surface area contributed by atoms with Crippen molar-refractivity contribution in [3.05, 3.63) is 52.2 Å². The summed E-state index contributed by atoms with van der Waals surface area (Å²) < 4.78 is 5.62. The number of benzene rings is 1. The summed E-state index contributed by atoms with van der Waals surface area (Å²) in [6, 6.07) is 14.3. The molecule has 0 radical (unpaired) electrons. The van der Waals surface area contributed by atoms with Crippen LogP contribution in [0.1, 0.15) is 16.2 Å². The molecule has 0 aliphatic rings. The highest BCUT2D eigenvalue weighted by Gasteiger charge is 1.96. The molecule has 18 heavy (non-hydrogen) atoms. The molecule has 0 amide bonds. The van der Waals surface area contributed by atoms with Crippen LogP contribution in [0.25, 0.3) is 0 Å². The average molecular weight is 261 g/mol. The molecular formula is C15H19NOS. The van der Waals surface area contributed by atoms with Gasteiger partial charge in [0.1, 0.15) is 5.75 Å². The number of rotatable bonds is 7. The Morgan fingerprint density at radius 2 is 1.94 bits per heavy atom. The number of hydrogen-bond acceptors (Lipinski definition) is 3. The first kappa shape index (κ1) is 13.1. The largest absolute Gasteiger partial charge is 0.494 e. The molecule has 0 spiro atoms. The van der Waals surface area contributed by atoms with E-state index in [1.54, 1.807) is 0 Å². The molecule has 0 saturated carbocycles. The maximum atomic E-state index is 5.62. The summed E-state index contributed by atoms with van der Waals surface area (Å²) in [6.07, 6.45) is 1.03. The summed E-state index contributed by atoms with van der Waals surface area (Å²) in [7, 11) is 0. The Kier molecular flexibility index (Phi) is 5.24. The first-order valence-corrected chi connectivity index (χ1v) is 7.10. The second-order valence-electron chi connectivity index (χ2n) is 4.20. The monoisotopic (exact) mass is 261 g/mol. The Balaban J connectivity index is 1.54. The molecule has 2 rings (SSSR count). The summed E-state index contributed by atoms with van der Waals surface area (Å²) in [6.45, 7) is 4.86. The summed E-state index contributed by atoms with van der Waals surface area (Å²) in [5, 5.41) is 3.43. The van der Waals surface area contributed by atoms with Gasteiger partial charge in [-0.1, -0.05) is 18.2 Å². The molecule has 2 nitrogen and oxygen atoms in total. The van der Waals surface area contributed by atoms with Crippen molar-refractivity contribution in [2.45, 2.75) is 19.9 Å². The predicted molar refractivity (Wildman–Crippen MR) is 77.3 cm³/mol. The maximum absolute atomic E-state index is 5.62. The average Bonchev–Trinajstić information content (AvgIpc) is 2.81. The maximum Gasteiger partial charge on any atom is 0.119 e. The fraction of sp³-hybridized carbons (Fsp3) is 0.333. The molecule has 0 aliphatic carbocycles. The number of hydrogen-bond donors (Lipinski definition) is 1. The second-order valence-corrected chi connectivity index (χ2v) is 5.58. The van der Waals surface area contributed by atoms with E-state index in [-0.39, 0.29) is 0 Å². The molecule has 1 heterocycles. The second kappa shape index (κ2) is 7.19. The predicted octanol–water partition coefficient (Wildman–Crippen LogP) is 3.62. The number of aryl methyl sites for hydroxylation is 1. The van der Waals surface area contributed by atoms with Crippen LogP contribution in [0.3, 0.4) is 0 Å². The van der Waals surface area contributed by atoms with E-state index < -0.39 is 0 Å². The van der Waals surface area contributed by atoms with Gasteiger partial charge in [-0.05, 0) is 44.2 Å². The molecule has 0 unspecified atom stereocenters. The van der Waals surface area contributed by atoms with E-state index in [9.17, 15) is 0 Å². The molecule has 96 valence electrons. The van der Waals surface area contributed by atoms with Crippen molar-refractivity contribution < 1.29 is 4.74 Å². The van der Waals surface area contributed by atoms with Gasteiger partial charge in [0.25, 0.3) is 0 Å². The molecule has 0 atom stereocenters. The highest BCUT2D eigenvalue weighted by molar-refractivity contribution is 7.11. The molecule has 1 N–H and O–H groups in total. The van der Waals surface area contributed by atoms with Gasteiger partial charge in [0, 0.05) is 16.3 Å². The minimum Gasteiger partial charge on any atom is -0.494 e. The molecule has 3 heteroatoms. The number of para-hydroxylation sites is 1. The van der Waals surface area contributed by atoms with Crippen LogP contribution in [0.4, 0.5) is 0 Å². The van der Waals surface area contributed by atoms with Crippen molar-refractivity contribution in [1.29, 1.82) is 0 Å². The van der Waals surface area contributed by atoms with E-state index in [2.05, 4.69) is 24.4 Å². The third-order valence-corrected chi connectivity index (χ3v) is 3.61. The Morgan fingerprint density at radius 3 is 2.67 bits per heavy atom. The van der Waals surface area contributed by atoms with Gasteiger partial charge < -0.3 is 10.1 Å². The number of ether oxygens (including phenoxy) is 1. The van der Waals surface area contributed by atoms with Crippen LogP contribution in [0, 0.1) is 6.92 Å². The Bertz CT molecular complexity index is 453. The molecule has 1 aromatic heterocycles. The van der Waals surface area contributed by atoms with Crippen molar-refractivity contribution in [1.82, 2.24) is 5.32 Å². The lowest BCUT2D eigenvalue weighted by molar-refractivity contribution is 0.308. The van der Waals surface area contributed by atoms with E-state index in [1.165, 1.54) is 9.75 Å². The summed E-state index contributed by atoms with van der Waals surface area (Å²) >= 11 is 1.85. The Hall–Kier alpha value is -1.32. The lowest BCUT2D eigenvalue weighted by Gasteiger charge is -2.06. The van der Waals surface area contributed by atoms with Crippen LogP contribution in [0.15, 0.2) is 42.5 Å². The fourth-order valence-corrected chi connectivity index (χ4v) is 2.56. The molecule has 0 bridgehead atoms. The third kappa shape index (κ3) is 4.51. The van der Waals surface area contributed by atoms with Gasteiger partial charge >= 0.3 is 0 Å². The highest BCUT2D eigenvalue weighted by atomic mass is 32.1. The summed E-state index contributed by atoms with van der Waals surface area (Å²) in [5.74, 6) is 0.950. The first-order valence-electron chi connectivity index (χ1n) is 6.28. The molecule has 2 aromatic rings. The van der Waals surface area contributed by atoms with Gasteiger partial charge in [-0.2, -0.15) is 0 Å². The van der Waals surface area contributed by atoms with E-state index in [0.29, 0.717) is 0 Å². The van der Waals surface area contributed by atoms with Crippen LogP contribution in [-0.4, -0.2) is 13.2 Å². The Morgan fingerprint density at radius 1 is 1.11 bits per heavy atom. The zero-order chi connectivity index (χ0) is 12.6. The van der Waals surface area contributed by atoms with Crippen molar-refractivity contribution in [3.63, 3.8) is 0 Å². The van der Waals surface area contributed by atoms with Crippen LogP contribution >= 0.6 is 11.3 Å². The van der Waals surface area contributed by atoms with E-state index in [0.717, 1.165) is 31.9 Å². The van der Waals surface area contributed by atoms with E-state index in [1.807, 2.05) is 41.7 Å². The van der Waals surface area contributed by atoms with Gasteiger partial charge in [0.2, 0.25) is 0 Å².